The minimum atomic E-state index is -0.469. The number of nitrogens with zero attached hydrogens (tertiary/aromatic N) is 2. The molecule has 0 atom stereocenters. The van der Waals surface area contributed by atoms with Crippen molar-refractivity contribution in [2.24, 2.45) is 0 Å². The summed E-state index contributed by atoms with van der Waals surface area (Å²) in [4.78, 5) is 26.2. The molecule has 25 heavy (non-hydrogen) atoms. The van der Waals surface area contributed by atoms with Crippen molar-refractivity contribution in [3.8, 4) is 0 Å². The van der Waals surface area contributed by atoms with Gasteiger partial charge in [0.1, 0.15) is 11.5 Å². The molecule has 0 radical (unpaired) electrons. The maximum absolute atomic E-state index is 11.3. The summed E-state index contributed by atoms with van der Waals surface area (Å²) in [5, 5.41) is 7.65. The number of aromatic nitrogens is 4. The van der Waals surface area contributed by atoms with E-state index in [1.165, 1.54) is 19.3 Å². The van der Waals surface area contributed by atoms with Crippen LogP contribution in [0.4, 0.5) is 17.5 Å². The standard InChI is InChI=1S/C17H16N6O2/c24-17-21-12-5-4-10(8-13(12)25-17)20-16-22-14-11(6-7-18-14)15(23-16)19-9-2-1-3-9/h4-9H,1-3H2,(H,21,24)(H3,18,19,20,22,23). The number of benzene rings is 1. The molecule has 126 valence electrons. The van der Waals surface area contributed by atoms with Gasteiger partial charge in [-0.1, -0.05) is 0 Å². The van der Waals surface area contributed by atoms with Crippen molar-refractivity contribution >= 4 is 39.6 Å². The molecule has 4 aromatic rings. The lowest BCUT2D eigenvalue weighted by Crippen LogP contribution is -2.27. The van der Waals surface area contributed by atoms with Crippen LogP contribution in [0, 0.1) is 0 Å². The van der Waals surface area contributed by atoms with E-state index in [2.05, 4.69) is 30.6 Å². The number of aromatic amines is 2. The van der Waals surface area contributed by atoms with Crippen molar-refractivity contribution in [2.75, 3.05) is 10.6 Å². The summed E-state index contributed by atoms with van der Waals surface area (Å²) >= 11 is 0. The molecule has 4 N–H and O–H groups in total. The van der Waals surface area contributed by atoms with Crippen LogP contribution in [0.5, 0.6) is 0 Å². The Morgan fingerprint density at radius 1 is 1.20 bits per heavy atom. The van der Waals surface area contributed by atoms with Crippen LogP contribution in [0.25, 0.3) is 22.1 Å². The molecule has 8 nitrogen and oxygen atoms in total. The highest BCUT2D eigenvalue weighted by Crippen LogP contribution is 2.28. The van der Waals surface area contributed by atoms with Crippen molar-refractivity contribution in [2.45, 2.75) is 25.3 Å². The number of nitrogens with one attached hydrogen (secondary N) is 4. The van der Waals surface area contributed by atoms with Crippen LogP contribution in [-0.2, 0) is 0 Å². The third-order valence-electron chi connectivity index (χ3n) is 4.54. The Morgan fingerprint density at radius 3 is 2.96 bits per heavy atom. The third-order valence-corrected chi connectivity index (χ3v) is 4.54. The molecular weight excluding hydrogens is 320 g/mol. The number of fused-ring (bicyclic) bond motifs is 2. The van der Waals surface area contributed by atoms with Crippen LogP contribution >= 0.6 is 0 Å². The van der Waals surface area contributed by atoms with E-state index in [0.717, 1.165) is 22.5 Å². The maximum atomic E-state index is 11.3. The second kappa shape index (κ2) is 5.37. The van der Waals surface area contributed by atoms with Crippen LogP contribution in [0.1, 0.15) is 19.3 Å². The first kappa shape index (κ1) is 14.1. The van der Waals surface area contributed by atoms with Gasteiger partial charge >= 0.3 is 5.76 Å². The summed E-state index contributed by atoms with van der Waals surface area (Å²) in [5.41, 5.74) is 2.66. The molecule has 8 heteroatoms. The monoisotopic (exact) mass is 336 g/mol. The highest BCUT2D eigenvalue weighted by Gasteiger charge is 2.19. The smallest absolute Gasteiger partial charge is 0.408 e. The van der Waals surface area contributed by atoms with Crippen molar-refractivity contribution in [3.05, 3.63) is 41.0 Å². The van der Waals surface area contributed by atoms with E-state index in [1.54, 1.807) is 12.1 Å². The molecule has 3 heterocycles. The van der Waals surface area contributed by atoms with Gasteiger partial charge in [-0.05, 0) is 37.5 Å². The van der Waals surface area contributed by atoms with Crippen LogP contribution in [0.2, 0.25) is 0 Å². The zero-order valence-electron chi connectivity index (χ0n) is 13.3. The Morgan fingerprint density at radius 2 is 2.12 bits per heavy atom. The van der Waals surface area contributed by atoms with Gasteiger partial charge in [0, 0.05) is 24.0 Å². The summed E-state index contributed by atoms with van der Waals surface area (Å²) in [5.74, 6) is 0.838. The second-order valence-corrected chi connectivity index (χ2v) is 6.26. The molecule has 0 spiro atoms. The van der Waals surface area contributed by atoms with Crippen LogP contribution in [0.15, 0.2) is 39.7 Å². The molecule has 0 amide bonds. The van der Waals surface area contributed by atoms with Gasteiger partial charge in [-0.25, -0.2) is 4.79 Å². The van der Waals surface area contributed by atoms with Gasteiger partial charge in [0.05, 0.1) is 10.9 Å². The van der Waals surface area contributed by atoms with E-state index in [0.29, 0.717) is 23.1 Å². The largest absolute Gasteiger partial charge is 0.417 e. The normalized spacial score (nSPS) is 14.7. The highest BCUT2D eigenvalue weighted by atomic mass is 16.4. The molecule has 0 aliphatic heterocycles. The molecule has 0 unspecified atom stereocenters. The third kappa shape index (κ3) is 2.51. The topological polar surface area (TPSA) is 112 Å². The zero-order valence-corrected chi connectivity index (χ0v) is 13.3. The minimum Gasteiger partial charge on any atom is -0.408 e. The van der Waals surface area contributed by atoms with Crippen molar-refractivity contribution in [1.82, 2.24) is 19.9 Å². The molecule has 0 bridgehead atoms. The average Bonchev–Trinajstić information content (AvgIpc) is 3.15. The van der Waals surface area contributed by atoms with E-state index in [4.69, 9.17) is 4.42 Å². The molecule has 3 aromatic heterocycles. The summed E-state index contributed by atoms with van der Waals surface area (Å²) < 4.78 is 5.09. The molecule has 1 fully saturated rings. The molecule has 1 aliphatic carbocycles. The first-order valence-corrected chi connectivity index (χ1v) is 8.26. The molecule has 1 aromatic carbocycles. The number of oxazole rings is 1. The number of anilines is 3. The van der Waals surface area contributed by atoms with Crippen LogP contribution in [-0.4, -0.2) is 26.0 Å². The number of H-pyrrole nitrogens is 2. The molecular formula is C17H16N6O2. The Kier molecular flexibility index (Phi) is 3.03. The fourth-order valence-corrected chi connectivity index (χ4v) is 3.01. The quantitative estimate of drug-likeness (QED) is 0.456. The molecule has 1 saturated carbocycles. The van der Waals surface area contributed by atoms with E-state index in [-0.39, 0.29) is 0 Å². The number of rotatable bonds is 4. The van der Waals surface area contributed by atoms with Gasteiger partial charge in [-0.2, -0.15) is 9.97 Å². The van der Waals surface area contributed by atoms with Gasteiger partial charge in [0.2, 0.25) is 5.95 Å². The van der Waals surface area contributed by atoms with Gasteiger partial charge in [0.25, 0.3) is 0 Å². The van der Waals surface area contributed by atoms with Crippen molar-refractivity contribution in [1.29, 1.82) is 0 Å². The van der Waals surface area contributed by atoms with Crippen molar-refractivity contribution < 1.29 is 4.42 Å². The van der Waals surface area contributed by atoms with Crippen LogP contribution < -0.4 is 16.4 Å². The predicted molar refractivity (Wildman–Crippen MR) is 95.3 cm³/mol. The SMILES string of the molecule is O=c1[nH]c2ccc(Nc3nc(NC4CCC4)c4cc[nH]c4n3)cc2o1. The first-order valence-electron chi connectivity index (χ1n) is 8.26. The highest BCUT2D eigenvalue weighted by molar-refractivity contribution is 5.88. The van der Waals surface area contributed by atoms with E-state index in [9.17, 15) is 4.79 Å². The summed E-state index contributed by atoms with van der Waals surface area (Å²) in [6.07, 6.45) is 5.45. The van der Waals surface area contributed by atoms with Gasteiger partial charge in [-0.3, -0.25) is 4.98 Å². The summed E-state index contributed by atoms with van der Waals surface area (Å²) in [6.45, 7) is 0. The summed E-state index contributed by atoms with van der Waals surface area (Å²) in [7, 11) is 0. The lowest BCUT2D eigenvalue weighted by Gasteiger charge is -2.27. The fraction of sp³-hybridized carbons (Fsp3) is 0.235. The Balaban J connectivity index is 1.51. The van der Waals surface area contributed by atoms with E-state index < -0.39 is 5.76 Å². The van der Waals surface area contributed by atoms with Gasteiger partial charge in [0.15, 0.2) is 5.58 Å². The Hall–Kier alpha value is -3.29. The molecule has 0 saturated heterocycles. The zero-order chi connectivity index (χ0) is 16.8. The minimum absolute atomic E-state index is 0.469. The van der Waals surface area contributed by atoms with Crippen molar-refractivity contribution in [3.63, 3.8) is 0 Å². The maximum Gasteiger partial charge on any atom is 0.417 e. The second-order valence-electron chi connectivity index (χ2n) is 6.26. The lowest BCUT2D eigenvalue weighted by atomic mass is 9.93. The van der Waals surface area contributed by atoms with Gasteiger partial charge < -0.3 is 20.0 Å². The fourth-order valence-electron chi connectivity index (χ4n) is 3.01. The van der Waals surface area contributed by atoms with E-state index >= 15 is 0 Å². The number of hydrogen-bond acceptors (Lipinski definition) is 6. The number of hydrogen-bond donors (Lipinski definition) is 4. The lowest BCUT2D eigenvalue weighted by molar-refractivity contribution is 0.445. The van der Waals surface area contributed by atoms with Crippen LogP contribution in [0.3, 0.4) is 0 Å². The molecule has 1 aliphatic rings. The van der Waals surface area contributed by atoms with E-state index in [1.807, 2.05) is 18.3 Å². The predicted octanol–water partition coefficient (Wildman–Crippen LogP) is 3.10. The molecule has 5 rings (SSSR count). The average molecular weight is 336 g/mol. The Labute approximate surface area is 141 Å². The van der Waals surface area contributed by atoms with Gasteiger partial charge in [-0.15, -0.1) is 0 Å². The Bertz CT molecular complexity index is 1120. The summed E-state index contributed by atoms with van der Waals surface area (Å²) in [6, 6.07) is 7.82. The first-order chi connectivity index (χ1) is 12.2.